The summed E-state index contributed by atoms with van der Waals surface area (Å²) in [5, 5.41) is 11.7. The van der Waals surface area contributed by atoms with Crippen molar-refractivity contribution in [1.82, 2.24) is 39.6 Å². The van der Waals surface area contributed by atoms with Crippen LogP contribution in [-0.4, -0.2) is 109 Å². The first-order valence-electron chi connectivity index (χ1n) is 22.2. The summed E-state index contributed by atoms with van der Waals surface area (Å²) in [6, 6.07) is 7.21. The van der Waals surface area contributed by atoms with Crippen LogP contribution >= 0.6 is 0 Å². The molecule has 2 fully saturated rings. The van der Waals surface area contributed by atoms with Gasteiger partial charge in [-0.05, 0) is 86.8 Å². The Morgan fingerprint density at radius 1 is 0.922 bits per heavy atom. The Balaban J connectivity index is 0.815. The molecule has 7 heterocycles. The number of alkyl halides is 2. The number of aryl methyl sites for hydroxylation is 2. The second-order valence-corrected chi connectivity index (χ2v) is 17.3. The second-order valence-electron chi connectivity index (χ2n) is 17.3. The third kappa shape index (κ3) is 8.02. The van der Waals surface area contributed by atoms with E-state index in [1.165, 1.54) is 6.07 Å². The molecule has 9 rings (SSSR count). The molecule has 4 aromatic rings. The largest absolute Gasteiger partial charge is 0.493 e. The zero-order valence-electron chi connectivity index (χ0n) is 36.0. The fourth-order valence-corrected chi connectivity index (χ4v) is 9.94. The van der Waals surface area contributed by atoms with Gasteiger partial charge in [-0.3, -0.25) is 48.3 Å². The monoisotopic (exact) mass is 879 g/mol. The Hall–Kier alpha value is -6.46. The molecule has 336 valence electrons. The molecular weight excluding hydrogens is 829 g/mol. The average Bonchev–Trinajstić information content (AvgIpc) is 3.97. The van der Waals surface area contributed by atoms with Gasteiger partial charge in [-0.1, -0.05) is 6.07 Å². The van der Waals surface area contributed by atoms with Gasteiger partial charge in [0, 0.05) is 93.7 Å². The van der Waals surface area contributed by atoms with Crippen molar-refractivity contribution < 1.29 is 42.3 Å². The summed E-state index contributed by atoms with van der Waals surface area (Å²) in [6.07, 6.45) is 6.67. The molecule has 2 saturated heterocycles. The number of anilines is 2. The van der Waals surface area contributed by atoms with Gasteiger partial charge in [0.15, 0.2) is 5.82 Å². The van der Waals surface area contributed by atoms with Gasteiger partial charge in [0.25, 0.3) is 18.2 Å². The lowest BCUT2D eigenvalue weighted by atomic mass is 9.92. The molecule has 0 bridgehead atoms. The van der Waals surface area contributed by atoms with E-state index in [9.17, 15) is 37.5 Å². The zero-order chi connectivity index (χ0) is 44.8. The van der Waals surface area contributed by atoms with Crippen LogP contribution in [0.25, 0.3) is 11.1 Å². The van der Waals surface area contributed by atoms with Crippen LogP contribution < -0.4 is 15.0 Å². The van der Waals surface area contributed by atoms with Crippen molar-refractivity contribution in [2.75, 3.05) is 37.7 Å². The molecule has 1 N–H and O–H groups in total. The highest BCUT2D eigenvalue weighted by atomic mass is 19.3. The predicted octanol–water partition coefficient (Wildman–Crippen LogP) is 5.41. The molecule has 6 amide bonds. The van der Waals surface area contributed by atoms with E-state index in [0.717, 1.165) is 34.6 Å². The van der Waals surface area contributed by atoms with Crippen molar-refractivity contribution in [2.45, 2.75) is 103 Å². The van der Waals surface area contributed by atoms with Crippen molar-refractivity contribution in [3.8, 4) is 16.9 Å². The van der Waals surface area contributed by atoms with E-state index < -0.39 is 36.1 Å². The molecule has 18 heteroatoms. The van der Waals surface area contributed by atoms with E-state index in [1.54, 1.807) is 49.2 Å². The minimum absolute atomic E-state index is 0.0270. The molecule has 0 saturated carbocycles. The Kier molecular flexibility index (Phi) is 11.8. The third-order valence-electron chi connectivity index (χ3n) is 13.3. The van der Waals surface area contributed by atoms with Crippen molar-refractivity contribution in [3.63, 3.8) is 0 Å². The highest BCUT2D eigenvalue weighted by Crippen LogP contribution is 2.44. The summed E-state index contributed by atoms with van der Waals surface area (Å²) >= 11 is 0. The highest BCUT2D eigenvalue weighted by Gasteiger charge is 2.46. The van der Waals surface area contributed by atoms with Crippen LogP contribution in [0.1, 0.15) is 120 Å². The topological polar surface area (TPSA) is 172 Å². The molecule has 16 nitrogen and oxygen atoms in total. The molecule has 0 radical (unpaired) electrons. The molecule has 1 atom stereocenters. The van der Waals surface area contributed by atoms with Gasteiger partial charge in [0.2, 0.25) is 23.6 Å². The van der Waals surface area contributed by atoms with Crippen LogP contribution in [0.2, 0.25) is 0 Å². The number of hydrogen-bond acceptors (Lipinski definition) is 10. The number of fused-ring (bicyclic) bond motifs is 3. The SMILES string of the molecule is CC(=O)N1CCc2c(c(N3CCCc4cc(-c5cnn(C)c5)c(C(F)F)cc43)nn2C2CCN(C(=O)CCCCCOc3cccc4c3C(=O)N(C3CCC(=O)NC3=O)C4=O)CC2)C1. The Bertz CT molecular complexity index is 2540. The van der Waals surface area contributed by atoms with Crippen LogP contribution in [-0.2, 0) is 45.6 Å². The minimum Gasteiger partial charge on any atom is -0.493 e. The van der Waals surface area contributed by atoms with Gasteiger partial charge in [-0.25, -0.2) is 8.78 Å². The van der Waals surface area contributed by atoms with Gasteiger partial charge in [-0.15, -0.1) is 0 Å². The summed E-state index contributed by atoms with van der Waals surface area (Å²) in [7, 11) is 1.76. The van der Waals surface area contributed by atoms with Gasteiger partial charge in [0.1, 0.15) is 11.8 Å². The molecule has 5 aliphatic rings. The maximum atomic E-state index is 14.7. The number of ether oxygens (including phenoxy) is 1. The lowest BCUT2D eigenvalue weighted by molar-refractivity contribution is -0.136. The summed E-state index contributed by atoms with van der Waals surface area (Å²) in [4.78, 5) is 83.3. The van der Waals surface area contributed by atoms with Gasteiger partial charge in [0.05, 0.1) is 36.5 Å². The molecule has 5 aliphatic heterocycles. The molecular formula is C46H51F2N9O7. The van der Waals surface area contributed by atoms with Crippen LogP contribution in [0.3, 0.4) is 0 Å². The number of unbranched alkanes of at least 4 members (excludes halogenated alkanes) is 2. The second kappa shape index (κ2) is 17.6. The normalized spacial score (nSPS) is 19.0. The first-order valence-corrected chi connectivity index (χ1v) is 22.2. The molecule has 0 aliphatic carbocycles. The summed E-state index contributed by atoms with van der Waals surface area (Å²) in [5.41, 5.74) is 4.99. The minimum atomic E-state index is -2.70. The molecule has 1 unspecified atom stereocenters. The number of benzene rings is 2. The number of nitrogens with one attached hydrogen (secondary N) is 1. The maximum absolute atomic E-state index is 14.7. The standard InChI is InChI=1S/C46H51F2N9O7/c1-27(58)54-20-16-35-34(26-54)43(55-17-7-8-28-22-32(29-24-49-52(2)25-29)33(42(47)48)23-37(28)55)51-57(35)30-14-18-53(19-15-30)40(60)11-4-3-5-21-64-38-10-6-9-31-41(38)46(63)56(45(31)62)36-12-13-39(59)50-44(36)61/h6,9-10,22-25,30,36,42H,3-5,7-8,11-21,26H2,1-2H3,(H,50,59,61). The van der Waals surface area contributed by atoms with Crippen LogP contribution in [0, 0.1) is 0 Å². The molecule has 2 aromatic carbocycles. The zero-order valence-corrected chi connectivity index (χ0v) is 36.0. The van der Waals surface area contributed by atoms with Crippen molar-refractivity contribution in [1.29, 1.82) is 0 Å². The fraction of sp³-hybridized carbons (Fsp3) is 0.478. The van der Waals surface area contributed by atoms with Gasteiger partial charge in [-0.2, -0.15) is 10.2 Å². The molecule has 0 spiro atoms. The first kappa shape index (κ1) is 42.8. The smallest absolute Gasteiger partial charge is 0.266 e. The number of hydrogen-bond donors (Lipinski definition) is 1. The van der Waals surface area contributed by atoms with E-state index in [4.69, 9.17) is 9.84 Å². The molecule has 64 heavy (non-hydrogen) atoms. The summed E-state index contributed by atoms with van der Waals surface area (Å²) in [5.74, 6) is -1.33. The number of nitrogens with zero attached hydrogens (tertiary/aromatic N) is 8. The van der Waals surface area contributed by atoms with Gasteiger partial charge >= 0.3 is 0 Å². The number of amides is 6. The van der Waals surface area contributed by atoms with Crippen molar-refractivity contribution in [3.05, 3.63) is 76.2 Å². The van der Waals surface area contributed by atoms with Crippen molar-refractivity contribution >= 4 is 46.9 Å². The summed E-state index contributed by atoms with van der Waals surface area (Å²) < 4.78 is 39.1. The highest BCUT2D eigenvalue weighted by molar-refractivity contribution is 6.24. The van der Waals surface area contributed by atoms with Gasteiger partial charge < -0.3 is 19.4 Å². The number of aromatic nitrogens is 4. The van der Waals surface area contributed by atoms with E-state index in [0.29, 0.717) is 100 Å². The lowest BCUT2D eigenvalue weighted by Crippen LogP contribution is -2.54. The number of halogens is 2. The van der Waals surface area contributed by atoms with E-state index in [2.05, 4.69) is 20.0 Å². The Labute approximate surface area is 368 Å². The number of rotatable bonds is 12. The predicted molar refractivity (Wildman–Crippen MR) is 228 cm³/mol. The van der Waals surface area contributed by atoms with Crippen LogP contribution in [0.5, 0.6) is 5.75 Å². The number of imide groups is 2. The number of likely N-dealkylation sites (tertiary alicyclic amines) is 1. The van der Waals surface area contributed by atoms with E-state index in [1.807, 2.05) is 15.9 Å². The fourth-order valence-electron chi connectivity index (χ4n) is 9.94. The van der Waals surface area contributed by atoms with Crippen LogP contribution in [0.4, 0.5) is 20.3 Å². The third-order valence-corrected chi connectivity index (χ3v) is 13.3. The van der Waals surface area contributed by atoms with Crippen LogP contribution in [0.15, 0.2) is 42.7 Å². The Morgan fingerprint density at radius 3 is 2.47 bits per heavy atom. The Morgan fingerprint density at radius 2 is 1.73 bits per heavy atom. The van der Waals surface area contributed by atoms with E-state index >= 15 is 0 Å². The van der Waals surface area contributed by atoms with E-state index in [-0.39, 0.29) is 59.7 Å². The average molecular weight is 880 g/mol. The van der Waals surface area contributed by atoms with Crippen molar-refractivity contribution in [2.24, 2.45) is 7.05 Å². The summed E-state index contributed by atoms with van der Waals surface area (Å²) in [6.45, 7) is 4.51. The lowest BCUT2D eigenvalue weighted by Gasteiger charge is -2.34. The molecule has 2 aromatic heterocycles. The number of piperidine rings is 2. The number of carbonyl (C=O) groups is 6. The first-order chi connectivity index (χ1) is 30.9. The maximum Gasteiger partial charge on any atom is 0.266 e. The number of carbonyl (C=O) groups excluding carboxylic acids is 6. The quantitative estimate of drug-likeness (QED) is 0.143.